The van der Waals surface area contributed by atoms with E-state index in [1.54, 1.807) is 30.3 Å². The van der Waals surface area contributed by atoms with E-state index in [0.717, 1.165) is 5.56 Å². The average molecular weight is 396 g/mol. The van der Waals surface area contributed by atoms with Crippen LogP contribution in [0.1, 0.15) is 24.6 Å². The number of amides is 3. The molecule has 1 saturated heterocycles. The first kappa shape index (κ1) is 18.3. The van der Waals surface area contributed by atoms with Crippen molar-refractivity contribution in [1.82, 2.24) is 15.4 Å². The third-order valence-corrected chi connectivity index (χ3v) is 5.23. The summed E-state index contributed by atoms with van der Waals surface area (Å²) in [4.78, 5) is 26.9. The number of rotatable bonds is 5. The predicted octanol–water partition coefficient (Wildman–Crippen LogP) is 4.35. The Morgan fingerprint density at radius 1 is 1.11 bits per heavy atom. The smallest absolute Gasteiger partial charge is 0.325 e. The maximum absolute atomic E-state index is 13.2. The molecule has 0 spiro atoms. The van der Waals surface area contributed by atoms with Crippen LogP contribution in [0, 0.1) is 0 Å². The van der Waals surface area contributed by atoms with E-state index in [9.17, 15) is 9.59 Å². The highest BCUT2D eigenvalue weighted by molar-refractivity contribution is 6.30. The van der Waals surface area contributed by atoms with Crippen molar-refractivity contribution in [2.75, 3.05) is 0 Å². The van der Waals surface area contributed by atoms with E-state index in [0.29, 0.717) is 28.5 Å². The fourth-order valence-electron chi connectivity index (χ4n) is 3.43. The summed E-state index contributed by atoms with van der Waals surface area (Å²) >= 11 is 5.96. The van der Waals surface area contributed by atoms with Gasteiger partial charge in [0, 0.05) is 16.7 Å². The van der Waals surface area contributed by atoms with Crippen molar-refractivity contribution in [2.45, 2.75) is 25.4 Å². The van der Waals surface area contributed by atoms with Crippen LogP contribution in [0.5, 0.6) is 0 Å². The van der Waals surface area contributed by atoms with Crippen LogP contribution in [-0.2, 0) is 16.9 Å². The molecule has 3 amide bonds. The van der Waals surface area contributed by atoms with Gasteiger partial charge in [-0.3, -0.25) is 9.69 Å². The van der Waals surface area contributed by atoms with Crippen LogP contribution in [0.15, 0.2) is 65.2 Å². The maximum Gasteiger partial charge on any atom is 0.325 e. The van der Waals surface area contributed by atoms with Crippen LogP contribution < -0.4 is 5.32 Å². The second kappa shape index (κ2) is 7.13. The summed E-state index contributed by atoms with van der Waals surface area (Å²) in [6.07, 6.45) is 0.420. The van der Waals surface area contributed by atoms with Crippen LogP contribution in [-0.4, -0.2) is 22.0 Å². The van der Waals surface area contributed by atoms with Gasteiger partial charge in [-0.1, -0.05) is 66.1 Å². The molecule has 0 radical (unpaired) electrons. The van der Waals surface area contributed by atoms with E-state index in [1.165, 1.54) is 4.90 Å². The van der Waals surface area contributed by atoms with Gasteiger partial charge in [-0.05, 0) is 24.1 Å². The Bertz CT molecular complexity index is 1020. The molecule has 1 aliphatic heterocycles. The molecule has 1 aromatic heterocycles. The lowest BCUT2D eigenvalue weighted by Gasteiger charge is -2.25. The zero-order valence-corrected chi connectivity index (χ0v) is 15.9. The summed E-state index contributed by atoms with van der Waals surface area (Å²) in [5, 5.41) is 7.43. The first-order valence-electron chi connectivity index (χ1n) is 8.94. The number of nitrogens with one attached hydrogen (secondary N) is 1. The number of carbonyl (C=O) groups is 2. The molecule has 3 aromatic rings. The Hall–Kier alpha value is -3.12. The molecule has 0 aliphatic carbocycles. The Kier molecular flexibility index (Phi) is 4.65. The van der Waals surface area contributed by atoms with E-state index in [1.807, 2.05) is 37.3 Å². The number of urea groups is 1. The van der Waals surface area contributed by atoms with Crippen LogP contribution >= 0.6 is 11.6 Å². The van der Waals surface area contributed by atoms with Gasteiger partial charge in [0.1, 0.15) is 11.2 Å². The normalized spacial score (nSPS) is 19.1. The van der Waals surface area contributed by atoms with E-state index in [4.69, 9.17) is 16.1 Å². The fraction of sp³-hybridized carbons (Fsp3) is 0.190. The van der Waals surface area contributed by atoms with Crippen molar-refractivity contribution < 1.29 is 14.1 Å². The number of hydrogen-bond donors (Lipinski definition) is 1. The van der Waals surface area contributed by atoms with Gasteiger partial charge in [0.25, 0.3) is 5.91 Å². The first-order chi connectivity index (χ1) is 13.5. The van der Waals surface area contributed by atoms with Gasteiger partial charge in [-0.2, -0.15) is 0 Å². The summed E-state index contributed by atoms with van der Waals surface area (Å²) in [5.74, 6) is 0.272. The number of carbonyl (C=O) groups excluding carboxylic acids is 2. The second-order valence-electron chi connectivity index (χ2n) is 6.64. The van der Waals surface area contributed by atoms with Gasteiger partial charge in [-0.15, -0.1) is 0 Å². The number of halogens is 1. The summed E-state index contributed by atoms with van der Waals surface area (Å²) in [6.45, 7) is 1.90. The van der Waals surface area contributed by atoms with E-state index in [-0.39, 0.29) is 12.5 Å². The Labute approximate surface area is 167 Å². The van der Waals surface area contributed by atoms with Crippen LogP contribution in [0.25, 0.3) is 11.3 Å². The molecule has 1 unspecified atom stereocenters. The molecule has 1 fully saturated rings. The van der Waals surface area contributed by atoms with Gasteiger partial charge < -0.3 is 9.84 Å². The molecule has 1 atom stereocenters. The zero-order valence-electron chi connectivity index (χ0n) is 15.2. The number of hydrogen-bond acceptors (Lipinski definition) is 4. The van der Waals surface area contributed by atoms with E-state index in [2.05, 4.69) is 10.5 Å². The number of imide groups is 1. The Morgan fingerprint density at radius 2 is 1.82 bits per heavy atom. The minimum absolute atomic E-state index is 0.0380. The zero-order chi connectivity index (χ0) is 19.7. The lowest BCUT2D eigenvalue weighted by atomic mass is 9.87. The Balaban J connectivity index is 1.59. The molecule has 1 N–H and O–H groups in total. The van der Waals surface area contributed by atoms with Gasteiger partial charge in [0.2, 0.25) is 0 Å². The SMILES string of the molecule is CCC1(c2ccc(Cl)cc2)NC(=O)N(Cc2cc(-c3ccccc3)on2)C1=O. The van der Waals surface area contributed by atoms with Crippen LogP contribution in [0.2, 0.25) is 5.02 Å². The topological polar surface area (TPSA) is 75.4 Å². The van der Waals surface area contributed by atoms with Crippen LogP contribution in [0.4, 0.5) is 4.79 Å². The highest BCUT2D eigenvalue weighted by Gasteiger charge is 2.51. The second-order valence-corrected chi connectivity index (χ2v) is 7.07. The number of nitrogens with zero attached hydrogens (tertiary/aromatic N) is 2. The summed E-state index contributed by atoms with van der Waals surface area (Å²) in [7, 11) is 0. The van der Waals surface area contributed by atoms with Crippen molar-refractivity contribution in [3.63, 3.8) is 0 Å². The van der Waals surface area contributed by atoms with Gasteiger partial charge in [0.05, 0.1) is 6.54 Å². The quantitative estimate of drug-likeness (QED) is 0.651. The number of benzene rings is 2. The molecule has 4 rings (SSSR count). The maximum atomic E-state index is 13.2. The molecule has 2 heterocycles. The lowest BCUT2D eigenvalue weighted by molar-refractivity contribution is -0.132. The highest BCUT2D eigenvalue weighted by Crippen LogP contribution is 2.34. The van der Waals surface area contributed by atoms with Gasteiger partial charge in [0.15, 0.2) is 5.76 Å². The highest BCUT2D eigenvalue weighted by atomic mass is 35.5. The third kappa shape index (κ3) is 3.05. The third-order valence-electron chi connectivity index (χ3n) is 4.98. The average Bonchev–Trinajstić information content (AvgIpc) is 3.28. The summed E-state index contributed by atoms with van der Waals surface area (Å²) < 4.78 is 5.37. The van der Waals surface area contributed by atoms with Crippen molar-refractivity contribution in [1.29, 1.82) is 0 Å². The molecule has 6 nitrogen and oxygen atoms in total. The van der Waals surface area contributed by atoms with Gasteiger partial charge >= 0.3 is 6.03 Å². The lowest BCUT2D eigenvalue weighted by Crippen LogP contribution is -2.43. The van der Waals surface area contributed by atoms with Crippen molar-refractivity contribution in [3.8, 4) is 11.3 Å². The van der Waals surface area contributed by atoms with E-state index < -0.39 is 11.6 Å². The predicted molar refractivity (Wildman–Crippen MR) is 104 cm³/mol. The molecule has 0 saturated carbocycles. The Morgan fingerprint density at radius 3 is 2.50 bits per heavy atom. The van der Waals surface area contributed by atoms with Crippen LogP contribution in [0.3, 0.4) is 0 Å². The largest absolute Gasteiger partial charge is 0.356 e. The molecule has 2 aromatic carbocycles. The first-order valence-corrected chi connectivity index (χ1v) is 9.32. The van der Waals surface area contributed by atoms with Crippen molar-refractivity contribution in [2.24, 2.45) is 0 Å². The molecule has 28 heavy (non-hydrogen) atoms. The summed E-state index contributed by atoms with van der Waals surface area (Å²) in [6, 6.07) is 17.7. The van der Waals surface area contributed by atoms with E-state index >= 15 is 0 Å². The minimum atomic E-state index is -1.10. The van der Waals surface area contributed by atoms with Crippen molar-refractivity contribution in [3.05, 3.63) is 76.9 Å². The monoisotopic (exact) mass is 395 g/mol. The fourth-order valence-corrected chi connectivity index (χ4v) is 3.56. The minimum Gasteiger partial charge on any atom is -0.356 e. The van der Waals surface area contributed by atoms with Crippen molar-refractivity contribution >= 4 is 23.5 Å². The molecule has 1 aliphatic rings. The molecular weight excluding hydrogens is 378 g/mol. The standard InChI is InChI=1S/C21H18ClN3O3/c1-2-21(15-8-10-16(22)11-9-15)19(26)25(20(27)23-21)13-17-12-18(28-24-17)14-6-4-3-5-7-14/h3-12H,2,13H2,1H3,(H,23,27). The number of aromatic nitrogens is 1. The molecule has 0 bridgehead atoms. The molecular formula is C21H18ClN3O3. The van der Waals surface area contributed by atoms with Gasteiger partial charge in [-0.25, -0.2) is 4.79 Å². The molecule has 142 valence electrons. The molecule has 7 heteroatoms. The summed E-state index contributed by atoms with van der Waals surface area (Å²) in [5.41, 5.74) is 0.978.